The molecule has 0 aliphatic rings. The Morgan fingerprint density at radius 2 is 1.12 bits per heavy atom. The molecule has 6 nitrogen and oxygen atoms in total. The monoisotopic (exact) mass is 479 g/mol. The second-order valence-corrected chi connectivity index (χ2v) is 8.73. The second kappa shape index (κ2) is 20.4. The van der Waals surface area contributed by atoms with Crippen LogP contribution in [0, 0.1) is 6.92 Å². The molecule has 34 heavy (non-hydrogen) atoms. The maximum Gasteiger partial charge on any atom is 0.376 e. The van der Waals surface area contributed by atoms with Gasteiger partial charge in [0.25, 0.3) is 0 Å². The van der Waals surface area contributed by atoms with Crippen LogP contribution in [0.25, 0.3) is 0 Å². The predicted octanol–water partition coefficient (Wildman–Crippen LogP) is 7.88. The van der Waals surface area contributed by atoms with Crippen molar-refractivity contribution in [3.05, 3.63) is 24.6 Å². The first-order chi connectivity index (χ1) is 16.7. The molecule has 0 N–H and O–H groups in total. The van der Waals surface area contributed by atoms with Gasteiger partial charge in [0.15, 0.2) is 11.5 Å². The normalized spacial score (nSPS) is 10.8. The van der Waals surface area contributed by atoms with Crippen LogP contribution in [0.2, 0.25) is 0 Å². The van der Waals surface area contributed by atoms with E-state index in [0.29, 0.717) is 18.1 Å². The maximum absolute atomic E-state index is 12.3. The van der Waals surface area contributed by atoms with Crippen LogP contribution in [0.3, 0.4) is 0 Å². The summed E-state index contributed by atoms with van der Waals surface area (Å²) in [7, 11) is 4.47. The minimum atomic E-state index is -0.619. The molecule has 0 spiro atoms. The van der Waals surface area contributed by atoms with Crippen LogP contribution in [0.5, 0.6) is 17.2 Å². The molecule has 0 saturated carbocycles. The maximum atomic E-state index is 12.3. The Morgan fingerprint density at radius 3 is 1.56 bits per heavy atom. The van der Waals surface area contributed by atoms with Gasteiger partial charge in [-0.15, -0.1) is 0 Å². The standard InChI is InChI=1S/C28H47O6/c1-5-6-7-8-9-10-11-12-13-14-15-16-17-18-19-20-23-33-34-28(29)24-21-22-25(30-2)27(32-4)26(24)31-3/h21-22H,1,5-20,23H2,2-4H3. The lowest BCUT2D eigenvalue weighted by Crippen LogP contribution is -2.10. The molecule has 1 rings (SSSR count). The van der Waals surface area contributed by atoms with E-state index in [1.54, 1.807) is 12.1 Å². The highest BCUT2D eigenvalue weighted by Gasteiger charge is 2.22. The van der Waals surface area contributed by atoms with Gasteiger partial charge in [0.1, 0.15) is 5.56 Å². The molecule has 0 aromatic heterocycles. The molecule has 0 saturated heterocycles. The van der Waals surface area contributed by atoms with Gasteiger partial charge < -0.3 is 14.2 Å². The number of hydrogen-bond donors (Lipinski definition) is 0. The van der Waals surface area contributed by atoms with Crippen molar-refractivity contribution >= 4 is 5.97 Å². The average Bonchev–Trinajstić information content (AvgIpc) is 2.86. The molecule has 0 bridgehead atoms. The molecule has 1 radical (unpaired) electrons. The van der Waals surface area contributed by atoms with Crippen LogP contribution in [-0.4, -0.2) is 33.9 Å². The van der Waals surface area contributed by atoms with E-state index in [1.807, 2.05) is 0 Å². The van der Waals surface area contributed by atoms with E-state index in [9.17, 15) is 4.79 Å². The predicted molar refractivity (Wildman–Crippen MR) is 137 cm³/mol. The van der Waals surface area contributed by atoms with Crippen molar-refractivity contribution in [2.24, 2.45) is 0 Å². The van der Waals surface area contributed by atoms with Crippen LogP contribution in [-0.2, 0) is 9.78 Å². The second-order valence-electron chi connectivity index (χ2n) is 8.73. The molecule has 0 atom stereocenters. The Morgan fingerprint density at radius 1 is 0.647 bits per heavy atom. The molecule has 0 aliphatic carbocycles. The van der Waals surface area contributed by atoms with Gasteiger partial charge in [0.05, 0.1) is 27.9 Å². The zero-order chi connectivity index (χ0) is 24.9. The third-order valence-electron chi connectivity index (χ3n) is 6.04. The average molecular weight is 480 g/mol. The Bertz CT molecular complexity index is 646. The van der Waals surface area contributed by atoms with E-state index >= 15 is 0 Å². The molecule has 0 heterocycles. The van der Waals surface area contributed by atoms with Crippen molar-refractivity contribution in [3.63, 3.8) is 0 Å². The third kappa shape index (κ3) is 12.5. The summed E-state index contributed by atoms with van der Waals surface area (Å²) in [6, 6.07) is 3.20. The molecule has 0 amide bonds. The molecule has 6 heteroatoms. The highest BCUT2D eigenvalue weighted by molar-refractivity contribution is 5.93. The zero-order valence-electron chi connectivity index (χ0n) is 21.8. The number of benzene rings is 1. The summed E-state index contributed by atoms with van der Waals surface area (Å²) < 4.78 is 15.8. The summed E-state index contributed by atoms with van der Waals surface area (Å²) in [4.78, 5) is 22.4. The number of ether oxygens (including phenoxy) is 3. The van der Waals surface area contributed by atoms with Gasteiger partial charge in [0, 0.05) is 0 Å². The van der Waals surface area contributed by atoms with Gasteiger partial charge in [-0.25, -0.2) is 4.79 Å². The van der Waals surface area contributed by atoms with E-state index in [4.69, 9.17) is 24.0 Å². The quantitative estimate of drug-likeness (QED) is 0.0957. The van der Waals surface area contributed by atoms with Crippen LogP contribution >= 0.6 is 0 Å². The van der Waals surface area contributed by atoms with Crippen molar-refractivity contribution < 1.29 is 28.8 Å². The number of methoxy groups -OCH3 is 3. The Hall–Kier alpha value is -1.95. The van der Waals surface area contributed by atoms with Crippen LogP contribution in [0.4, 0.5) is 0 Å². The Balaban J connectivity index is 2.00. The van der Waals surface area contributed by atoms with Gasteiger partial charge in [0.2, 0.25) is 5.75 Å². The lowest BCUT2D eigenvalue weighted by atomic mass is 10.0. The van der Waals surface area contributed by atoms with Crippen molar-refractivity contribution in [2.75, 3.05) is 27.9 Å². The van der Waals surface area contributed by atoms with E-state index < -0.39 is 5.97 Å². The van der Waals surface area contributed by atoms with E-state index in [0.717, 1.165) is 19.3 Å². The SMILES string of the molecule is [CH2]CCCCCCCCCCCCCCCCCOOC(=O)c1ccc(OC)c(OC)c1OC. The van der Waals surface area contributed by atoms with Gasteiger partial charge >= 0.3 is 5.97 Å². The van der Waals surface area contributed by atoms with Crippen molar-refractivity contribution in [1.82, 2.24) is 0 Å². The topological polar surface area (TPSA) is 63.2 Å². The van der Waals surface area contributed by atoms with E-state index in [1.165, 1.54) is 105 Å². The molecule has 1 aromatic rings. The zero-order valence-corrected chi connectivity index (χ0v) is 21.8. The van der Waals surface area contributed by atoms with Crippen LogP contribution in [0.1, 0.15) is 113 Å². The fourth-order valence-corrected chi connectivity index (χ4v) is 4.04. The fourth-order valence-electron chi connectivity index (χ4n) is 4.04. The summed E-state index contributed by atoms with van der Waals surface area (Å²) in [5.41, 5.74) is 0.227. The van der Waals surface area contributed by atoms with Gasteiger partial charge in [-0.3, -0.25) is 4.89 Å². The van der Waals surface area contributed by atoms with E-state index in [2.05, 4.69) is 6.92 Å². The minimum absolute atomic E-state index is 0.227. The number of hydrogen-bond acceptors (Lipinski definition) is 6. The van der Waals surface area contributed by atoms with Gasteiger partial charge in [-0.2, -0.15) is 4.89 Å². The Labute approximate surface area is 207 Å². The Kier molecular flexibility index (Phi) is 18.1. The summed E-state index contributed by atoms with van der Waals surface area (Å²) in [6.07, 6.45) is 20.5. The highest BCUT2D eigenvalue weighted by Crippen LogP contribution is 2.39. The van der Waals surface area contributed by atoms with E-state index in [-0.39, 0.29) is 11.3 Å². The number of carbonyl (C=O) groups is 1. The lowest BCUT2D eigenvalue weighted by Gasteiger charge is -2.14. The summed E-state index contributed by atoms with van der Waals surface area (Å²) in [5.74, 6) is 0.460. The van der Waals surface area contributed by atoms with Crippen LogP contribution in [0.15, 0.2) is 12.1 Å². The molecule has 0 unspecified atom stereocenters. The van der Waals surface area contributed by atoms with Crippen molar-refractivity contribution in [1.29, 1.82) is 0 Å². The highest BCUT2D eigenvalue weighted by atomic mass is 17.2. The summed E-state index contributed by atoms with van der Waals surface area (Å²) in [6.45, 7) is 4.28. The van der Waals surface area contributed by atoms with Crippen LogP contribution < -0.4 is 14.2 Å². The largest absolute Gasteiger partial charge is 0.493 e. The fraction of sp³-hybridized carbons (Fsp3) is 0.714. The first-order valence-corrected chi connectivity index (χ1v) is 13.1. The summed E-state index contributed by atoms with van der Waals surface area (Å²) in [5, 5.41) is 0. The lowest BCUT2D eigenvalue weighted by molar-refractivity contribution is -0.241. The third-order valence-corrected chi connectivity index (χ3v) is 6.04. The van der Waals surface area contributed by atoms with Gasteiger partial charge in [-0.05, 0) is 18.6 Å². The first-order valence-electron chi connectivity index (χ1n) is 13.1. The first kappa shape index (κ1) is 30.1. The smallest absolute Gasteiger partial charge is 0.376 e. The van der Waals surface area contributed by atoms with Gasteiger partial charge in [-0.1, -0.05) is 103 Å². The minimum Gasteiger partial charge on any atom is -0.493 e. The number of rotatable bonds is 22. The molecule has 1 aromatic carbocycles. The molecule has 0 fully saturated rings. The molecule has 195 valence electrons. The molecular weight excluding hydrogens is 432 g/mol. The van der Waals surface area contributed by atoms with Crippen molar-refractivity contribution in [2.45, 2.75) is 103 Å². The molecule has 0 aliphatic heterocycles. The number of carbonyl (C=O) groups excluding carboxylic acids is 1. The number of unbranched alkanes of at least 4 members (excludes halogenated alkanes) is 15. The molecular formula is C28H47O6. The van der Waals surface area contributed by atoms with Crippen molar-refractivity contribution in [3.8, 4) is 17.2 Å². The summed E-state index contributed by atoms with van der Waals surface area (Å²) >= 11 is 0.